The van der Waals surface area contributed by atoms with E-state index in [1.807, 2.05) is 59.5 Å². The van der Waals surface area contributed by atoms with E-state index in [1.165, 1.54) is 6.33 Å². The summed E-state index contributed by atoms with van der Waals surface area (Å²) in [6.07, 6.45) is 4.90. The zero-order chi connectivity index (χ0) is 24.7. The number of methoxy groups -OCH3 is 1. The lowest BCUT2D eigenvalue weighted by molar-refractivity contribution is 0.0594. The maximum atomic E-state index is 12.9. The highest BCUT2D eigenvalue weighted by atomic mass is 16.5. The molecule has 0 atom stereocenters. The Morgan fingerprint density at radius 1 is 1.06 bits per heavy atom. The number of hydrogen-bond donors (Lipinski definition) is 1. The number of nitrogens with one attached hydrogen (secondary N) is 1. The summed E-state index contributed by atoms with van der Waals surface area (Å²) in [5.74, 6) is 0.622. The quantitative estimate of drug-likeness (QED) is 0.303. The minimum atomic E-state index is 0.0572. The SMILES string of the molecule is COCCN1CCN(C(=O)c2ccc(/C=N/Nc3ncnc4c3cnn4-c3ccccc3)cc2)CC1. The molecule has 1 saturated heterocycles. The van der Waals surface area contributed by atoms with Crippen LogP contribution in [0.25, 0.3) is 16.7 Å². The molecule has 4 aromatic rings. The lowest BCUT2D eigenvalue weighted by Crippen LogP contribution is -2.49. The van der Waals surface area contributed by atoms with Gasteiger partial charge in [0.1, 0.15) is 6.33 Å². The van der Waals surface area contributed by atoms with Crippen LogP contribution in [0.5, 0.6) is 0 Å². The van der Waals surface area contributed by atoms with Crippen molar-refractivity contribution in [3.05, 3.63) is 78.2 Å². The first kappa shape index (κ1) is 23.6. The van der Waals surface area contributed by atoms with Crippen LogP contribution in [0.4, 0.5) is 5.82 Å². The summed E-state index contributed by atoms with van der Waals surface area (Å²) in [4.78, 5) is 25.8. The van der Waals surface area contributed by atoms with Gasteiger partial charge in [-0.2, -0.15) is 10.2 Å². The van der Waals surface area contributed by atoms with Crippen LogP contribution in [0.15, 0.2) is 72.2 Å². The van der Waals surface area contributed by atoms with Gasteiger partial charge in [-0.25, -0.2) is 14.6 Å². The Morgan fingerprint density at radius 2 is 1.83 bits per heavy atom. The van der Waals surface area contributed by atoms with Crippen molar-refractivity contribution in [1.29, 1.82) is 0 Å². The summed E-state index contributed by atoms with van der Waals surface area (Å²) >= 11 is 0. The number of piperazine rings is 1. The molecule has 1 aliphatic rings. The molecule has 3 heterocycles. The van der Waals surface area contributed by atoms with Gasteiger partial charge in [-0.05, 0) is 29.8 Å². The summed E-state index contributed by atoms with van der Waals surface area (Å²) in [5, 5.41) is 9.55. The second-order valence-corrected chi connectivity index (χ2v) is 8.47. The Morgan fingerprint density at radius 3 is 2.58 bits per heavy atom. The molecular weight excluding hydrogens is 456 g/mol. The van der Waals surface area contributed by atoms with Crippen LogP contribution >= 0.6 is 0 Å². The van der Waals surface area contributed by atoms with Gasteiger partial charge in [-0.15, -0.1) is 0 Å². The van der Waals surface area contributed by atoms with Gasteiger partial charge < -0.3 is 9.64 Å². The summed E-state index contributed by atoms with van der Waals surface area (Å²) < 4.78 is 6.91. The highest BCUT2D eigenvalue weighted by Crippen LogP contribution is 2.21. The first-order chi connectivity index (χ1) is 17.7. The molecule has 0 aliphatic carbocycles. The average Bonchev–Trinajstić information content (AvgIpc) is 3.38. The minimum Gasteiger partial charge on any atom is -0.383 e. The second-order valence-electron chi connectivity index (χ2n) is 8.47. The second kappa shape index (κ2) is 11.1. The molecule has 10 nitrogen and oxygen atoms in total. The van der Waals surface area contributed by atoms with Crippen molar-refractivity contribution >= 4 is 29.0 Å². The van der Waals surface area contributed by atoms with E-state index < -0.39 is 0 Å². The van der Waals surface area contributed by atoms with Crippen molar-refractivity contribution in [3.63, 3.8) is 0 Å². The number of carbonyl (C=O) groups excluding carboxylic acids is 1. The third-order valence-corrected chi connectivity index (χ3v) is 6.18. The number of aromatic nitrogens is 4. The van der Waals surface area contributed by atoms with E-state index in [0.29, 0.717) is 23.6 Å². The van der Waals surface area contributed by atoms with Crippen LogP contribution in [0, 0.1) is 0 Å². The number of para-hydroxylation sites is 1. The lowest BCUT2D eigenvalue weighted by Gasteiger charge is -2.34. The molecule has 0 unspecified atom stereocenters. The topological polar surface area (TPSA) is 101 Å². The van der Waals surface area contributed by atoms with Crippen molar-refractivity contribution < 1.29 is 9.53 Å². The predicted octanol–water partition coefficient (Wildman–Crippen LogP) is 2.67. The molecule has 0 bridgehead atoms. The summed E-state index contributed by atoms with van der Waals surface area (Å²) in [6.45, 7) is 4.80. The Bertz CT molecular complexity index is 1330. The molecule has 0 radical (unpaired) electrons. The maximum absolute atomic E-state index is 12.9. The number of anilines is 1. The van der Waals surface area contributed by atoms with E-state index in [2.05, 4.69) is 30.5 Å². The molecule has 0 spiro atoms. The molecule has 36 heavy (non-hydrogen) atoms. The number of carbonyl (C=O) groups is 1. The molecule has 2 aromatic carbocycles. The average molecular weight is 485 g/mol. The highest BCUT2D eigenvalue weighted by Gasteiger charge is 2.21. The molecule has 1 amide bonds. The number of ether oxygens (including phenoxy) is 1. The Kier molecular flexibility index (Phi) is 7.25. The summed E-state index contributed by atoms with van der Waals surface area (Å²) in [5.41, 5.74) is 6.14. The zero-order valence-electron chi connectivity index (χ0n) is 20.1. The first-order valence-electron chi connectivity index (χ1n) is 11.9. The first-order valence-corrected chi connectivity index (χ1v) is 11.9. The van der Waals surface area contributed by atoms with Crippen LogP contribution < -0.4 is 5.43 Å². The molecule has 1 N–H and O–H groups in total. The van der Waals surface area contributed by atoms with E-state index >= 15 is 0 Å². The van der Waals surface area contributed by atoms with Crippen LogP contribution in [-0.2, 0) is 4.74 Å². The molecular formula is C26H28N8O2. The van der Waals surface area contributed by atoms with Gasteiger partial charge in [-0.3, -0.25) is 15.1 Å². The molecule has 1 aliphatic heterocycles. The van der Waals surface area contributed by atoms with Crippen LogP contribution in [-0.4, -0.2) is 88.1 Å². The van der Waals surface area contributed by atoms with Gasteiger partial charge in [-0.1, -0.05) is 30.3 Å². The van der Waals surface area contributed by atoms with Crippen molar-refractivity contribution in [2.24, 2.45) is 5.10 Å². The van der Waals surface area contributed by atoms with Gasteiger partial charge in [0.2, 0.25) is 0 Å². The van der Waals surface area contributed by atoms with Gasteiger partial charge in [0.05, 0.1) is 30.1 Å². The van der Waals surface area contributed by atoms with E-state index in [4.69, 9.17) is 4.74 Å². The monoisotopic (exact) mass is 484 g/mol. The number of amides is 1. The lowest BCUT2D eigenvalue weighted by atomic mass is 10.1. The Hall–Kier alpha value is -4.15. The van der Waals surface area contributed by atoms with E-state index in [0.717, 1.165) is 49.4 Å². The number of hydrogen-bond acceptors (Lipinski definition) is 8. The van der Waals surface area contributed by atoms with Crippen molar-refractivity contribution in [2.75, 3.05) is 51.9 Å². The fourth-order valence-corrected chi connectivity index (χ4v) is 4.15. The van der Waals surface area contributed by atoms with E-state index in [1.54, 1.807) is 24.2 Å². The summed E-state index contributed by atoms with van der Waals surface area (Å²) in [7, 11) is 1.71. The van der Waals surface area contributed by atoms with Gasteiger partial charge >= 0.3 is 0 Å². The molecule has 5 rings (SSSR count). The number of nitrogens with zero attached hydrogens (tertiary/aromatic N) is 7. The van der Waals surface area contributed by atoms with Gasteiger partial charge in [0.15, 0.2) is 11.5 Å². The van der Waals surface area contributed by atoms with Crippen molar-refractivity contribution in [1.82, 2.24) is 29.5 Å². The van der Waals surface area contributed by atoms with Crippen molar-refractivity contribution in [2.45, 2.75) is 0 Å². The molecule has 2 aromatic heterocycles. The van der Waals surface area contributed by atoms with Crippen molar-refractivity contribution in [3.8, 4) is 5.69 Å². The fraction of sp³-hybridized carbons (Fsp3) is 0.269. The third-order valence-electron chi connectivity index (χ3n) is 6.18. The maximum Gasteiger partial charge on any atom is 0.253 e. The Labute approximate surface area is 209 Å². The third kappa shape index (κ3) is 5.24. The standard InChI is InChI=1S/C26H28N8O2/c1-36-16-15-32-11-13-33(14-12-32)26(35)21-9-7-20(8-10-21)17-29-31-24-23-18-30-34(25(23)28-19-27-24)22-5-3-2-4-6-22/h2-10,17-19H,11-16H2,1H3,(H,27,28,31)/b29-17+. The van der Waals surface area contributed by atoms with Gasteiger partial charge in [0.25, 0.3) is 5.91 Å². The number of rotatable bonds is 8. The van der Waals surface area contributed by atoms with Crippen LogP contribution in [0.2, 0.25) is 0 Å². The normalized spacial score (nSPS) is 14.5. The fourth-order valence-electron chi connectivity index (χ4n) is 4.15. The van der Waals surface area contributed by atoms with Gasteiger partial charge in [0, 0.05) is 45.4 Å². The molecule has 184 valence electrons. The minimum absolute atomic E-state index is 0.0572. The summed E-state index contributed by atoms with van der Waals surface area (Å²) in [6, 6.07) is 17.3. The zero-order valence-corrected chi connectivity index (χ0v) is 20.1. The van der Waals surface area contributed by atoms with E-state index in [-0.39, 0.29) is 5.91 Å². The number of benzene rings is 2. The highest BCUT2D eigenvalue weighted by molar-refractivity contribution is 5.95. The molecule has 10 heteroatoms. The van der Waals surface area contributed by atoms with E-state index in [9.17, 15) is 4.79 Å². The van der Waals surface area contributed by atoms with Crippen LogP contribution in [0.3, 0.4) is 0 Å². The predicted molar refractivity (Wildman–Crippen MR) is 139 cm³/mol. The molecule has 0 saturated carbocycles. The number of fused-ring (bicyclic) bond motifs is 1. The Balaban J connectivity index is 1.20. The smallest absolute Gasteiger partial charge is 0.253 e. The largest absolute Gasteiger partial charge is 0.383 e. The van der Waals surface area contributed by atoms with Crippen LogP contribution in [0.1, 0.15) is 15.9 Å². The number of hydrazone groups is 1. The molecule has 1 fully saturated rings.